The first kappa shape index (κ1) is 13.8. The van der Waals surface area contributed by atoms with E-state index >= 15 is 0 Å². The summed E-state index contributed by atoms with van der Waals surface area (Å²) >= 11 is 3.69. The summed E-state index contributed by atoms with van der Waals surface area (Å²) in [6, 6.07) is 2.14. The van der Waals surface area contributed by atoms with E-state index in [0.29, 0.717) is 5.41 Å². The zero-order chi connectivity index (χ0) is 12.0. The maximum absolute atomic E-state index is 4.50. The Bertz CT molecular complexity index is 303. The standard InChI is InChI=1S/C13H23BrN2/c1-4-6-8-13(5-2,11-14)10-12-7-9-16(3)15-12/h7,9H,4-6,8,10-11H2,1-3H3. The van der Waals surface area contributed by atoms with Gasteiger partial charge >= 0.3 is 0 Å². The van der Waals surface area contributed by atoms with Crippen LogP contribution in [0.2, 0.25) is 0 Å². The predicted octanol–water partition coefficient (Wildman–Crippen LogP) is 3.94. The van der Waals surface area contributed by atoms with Crippen LogP contribution in [0.25, 0.3) is 0 Å². The van der Waals surface area contributed by atoms with Crippen LogP contribution in [0.1, 0.15) is 45.2 Å². The maximum Gasteiger partial charge on any atom is 0.0630 e. The molecule has 0 saturated carbocycles. The number of nitrogens with zero attached hydrogens (tertiary/aromatic N) is 2. The van der Waals surface area contributed by atoms with Gasteiger partial charge in [-0.1, -0.05) is 42.6 Å². The number of alkyl halides is 1. The highest BCUT2D eigenvalue weighted by atomic mass is 79.9. The molecule has 0 bridgehead atoms. The van der Waals surface area contributed by atoms with Crippen molar-refractivity contribution in [3.8, 4) is 0 Å². The molecule has 0 amide bonds. The van der Waals surface area contributed by atoms with E-state index in [1.165, 1.54) is 31.4 Å². The Morgan fingerprint density at radius 1 is 1.44 bits per heavy atom. The van der Waals surface area contributed by atoms with Crippen LogP contribution in [-0.4, -0.2) is 15.1 Å². The summed E-state index contributed by atoms with van der Waals surface area (Å²) in [5.74, 6) is 0. The molecule has 0 radical (unpaired) electrons. The average Bonchev–Trinajstić information content (AvgIpc) is 2.70. The zero-order valence-corrected chi connectivity index (χ0v) is 12.3. The molecular formula is C13H23BrN2. The van der Waals surface area contributed by atoms with Gasteiger partial charge in [0.05, 0.1) is 5.69 Å². The van der Waals surface area contributed by atoms with Gasteiger partial charge in [-0.25, -0.2) is 0 Å². The normalized spacial score (nSPS) is 15.0. The minimum absolute atomic E-state index is 0.393. The van der Waals surface area contributed by atoms with Gasteiger partial charge in [-0.05, 0) is 30.7 Å². The molecule has 1 rings (SSSR count). The molecule has 3 heteroatoms. The molecule has 0 spiro atoms. The lowest BCUT2D eigenvalue weighted by atomic mass is 9.78. The van der Waals surface area contributed by atoms with Crippen molar-refractivity contribution in [1.29, 1.82) is 0 Å². The highest BCUT2D eigenvalue weighted by Crippen LogP contribution is 2.34. The second kappa shape index (κ2) is 6.43. The van der Waals surface area contributed by atoms with Gasteiger partial charge in [-0.3, -0.25) is 4.68 Å². The van der Waals surface area contributed by atoms with Gasteiger partial charge in [-0.2, -0.15) is 5.10 Å². The minimum atomic E-state index is 0.393. The highest BCUT2D eigenvalue weighted by molar-refractivity contribution is 9.09. The van der Waals surface area contributed by atoms with Crippen molar-refractivity contribution >= 4 is 15.9 Å². The Morgan fingerprint density at radius 3 is 2.62 bits per heavy atom. The van der Waals surface area contributed by atoms with Gasteiger partial charge in [0, 0.05) is 18.6 Å². The van der Waals surface area contributed by atoms with E-state index in [0.717, 1.165) is 11.8 Å². The molecule has 0 aliphatic heterocycles. The lowest BCUT2D eigenvalue weighted by molar-refractivity contribution is 0.280. The molecule has 92 valence electrons. The molecular weight excluding hydrogens is 264 g/mol. The fourth-order valence-corrected chi connectivity index (χ4v) is 2.97. The number of unbranched alkanes of at least 4 members (excludes halogenated alkanes) is 1. The van der Waals surface area contributed by atoms with Crippen LogP contribution in [0.3, 0.4) is 0 Å². The van der Waals surface area contributed by atoms with E-state index in [-0.39, 0.29) is 0 Å². The van der Waals surface area contributed by atoms with Crippen molar-refractivity contribution in [3.63, 3.8) is 0 Å². The average molecular weight is 287 g/mol. The van der Waals surface area contributed by atoms with E-state index < -0.39 is 0 Å². The second-order valence-electron chi connectivity index (χ2n) is 4.75. The third kappa shape index (κ3) is 3.62. The van der Waals surface area contributed by atoms with Crippen molar-refractivity contribution in [1.82, 2.24) is 9.78 Å². The molecule has 0 aromatic carbocycles. The predicted molar refractivity (Wildman–Crippen MR) is 73.0 cm³/mol. The summed E-state index contributed by atoms with van der Waals surface area (Å²) in [7, 11) is 1.98. The Balaban J connectivity index is 2.69. The summed E-state index contributed by atoms with van der Waals surface area (Å²) in [6.45, 7) is 4.55. The molecule has 0 aliphatic rings. The summed E-state index contributed by atoms with van der Waals surface area (Å²) in [5, 5.41) is 5.57. The summed E-state index contributed by atoms with van der Waals surface area (Å²) in [4.78, 5) is 0. The van der Waals surface area contributed by atoms with Crippen molar-refractivity contribution < 1.29 is 0 Å². The van der Waals surface area contributed by atoms with Crippen LogP contribution in [0.5, 0.6) is 0 Å². The third-order valence-electron chi connectivity index (χ3n) is 3.42. The Kier molecular flexibility index (Phi) is 5.53. The van der Waals surface area contributed by atoms with Gasteiger partial charge in [-0.15, -0.1) is 0 Å². The van der Waals surface area contributed by atoms with Crippen LogP contribution < -0.4 is 0 Å². The maximum atomic E-state index is 4.50. The molecule has 1 unspecified atom stereocenters. The van der Waals surface area contributed by atoms with E-state index in [1.54, 1.807) is 0 Å². The largest absolute Gasteiger partial charge is 0.276 e. The molecule has 1 aromatic heterocycles. The lowest BCUT2D eigenvalue weighted by Crippen LogP contribution is -2.25. The topological polar surface area (TPSA) is 17.8 Å². The monoisotopic (exact) mass is 286 g/mol. The minimum Gasteiger partial charge on any atom is -0.276 e. The van der Waals surface area contributed by atoms with Crippen LogP contribution >= 0.6 is 15.9 Å². The zero-order valence-electron chi connectivity index (χ0n) is 10.7. The van der Waals surface area contributed by atoms with Gasteiger partial charge in [0.25, 0.3) is 0 Å². The molecule has 0 aliphatic carbocycles. The number of hydrogen-bond donors (Lipinski definition) is 0. The van der Waals surface area contributed by atoms with Crippen molar-refractivity contribution in [2.24, 2.45) is 12.5 Å². The van der Waals surface area contributed by atoms with Crippen LogP contribution in [0, 0.1) is 5.41 Å². The van der Waals surface area contributed by atoms with Crippen LogP contribution in [0.15, 0.2) is 12.3 Å². The Hall–Kier alpha value is -0.310. The van der Waals surface area contributed by atoms with Crippen LogP contribution in [-0.2, 0) is 13.5 Å². The third-order valence-corrected chi connectivity index (χ3v) is 4.61. The molecule has 0 fully saturated rings. The van der Waals surface area contributed by atoms with Gasteiger partial charge in [0.2, 0.25) is 0 Å². The van der Waals surface area contributed by atoms with E-state index in [4.69, 9.17) is 0 Å². The molecule has 0 N–H and O–H groups in total. The SMILES string of the molecule is CCCCC(CC)(CBr)Cc1ccn(C)n1. The first-order chi connectivity index (χ1) is 7.65. The van der Waals surface area contributed by atoms with E-state index in [2.05, 4.69) is 40.9 Å². The first-order valence-corrected chi connectivity index (χ1v) is 7.32. The van der Waals surface area contributed by atoms with Crippen molar-refractivity contribution in [2.45, 2.75) is 46.0 Å². The van der Waals surface area contributed by atoms with Crippen LogP contribution in [0.4, 0.5) is 0 Å². The van der Waals surface area contributed by atoms with Gasteiger partial charge in [0.1, 0.15) is 0 Å². The van der Waals surface area contributed by atoms with Crippen molar-refractivity contribution in [3.05, 3.63) is 18.0 Å². The Morgan fingerprint density at radius 2 is 2.19 bits per heavy atom. The first-order valence-electron chi connectivity index (χ1n) is 6.20. The lowest BCUT2D eigenvalue weighted by Gasteiger charge is -2.30. The fourth-order valence-electron chi connectivity index (χ4n) is 2.09. The Labute approximate surface area is 108 Å². The molecule has 1 atom stereocenters. The number of aromatic nitrogens is 2. The molecule has 1 aromatic rings. The smallest absolute Gasteiger partial charge is 0.0630 e. The molecule has 0 saturated heterocycles. The summed E-state index contributed by atoms with van der Waals surface area (Å²) in [6.07, 6.45) is 8.22. The highest BCUT2D eigenvalue weighted by Gasteiger charge is 2.27. The molecule has 1 heterocycles. The fraction of sp³-hybridized carbons (Fsp3) is 0.769. The number of hydrogen-bond acceptors (Lipinski definition) is 1. The van der Waals surface area contributed by atoms with E-state index in [9.17, 15) is 0 Å². The van der Waals surface area contributed by atoms with Gasteiger partial charge in [0.15, 0.2) is 0 Å². The van der Waals surface area contributed by atoms with Crippen molar-refractivity contribution in [2.75, 3.05) is 5.33 Å². The number of rotatable bonds is 7. The number of halogens is 1. The molecule has 2 nitrogen and oxygen atoms in total. The van der Waals surface area contributed by atoms with Gasteiger partial charge < -0.3 is 0 Å². The van der Waals surface area contributed by atoms with E-state index in [1.807, 2.05) is 17.9 Å². The number of aryl methyl sites for hydroxylation is 1. The second-order valence-corrected chi connectivity index (χ2v) is 5.31. The summed E-state index contributed by atoms with van der Waals surface area (Å²) < 4.78 is 1.89. The quantitative estimate of drug-likeness (QED) is 0.694. The molecule has 16 heavy (non-hydrogen) atoms. The summed E-state index contributed by atoms with van der Waals surface area (Å²) in [5.41, 5.74) is 1.62.